The Bertz CT molecular complexity index is 771. The summed E-state index contributed by atoms with van der Waals surface area (Å²) in [6.45, 7) is 1.05. The first-order chi connectivity index (χ1) is 10.1. The largest absolute Gasteiger partial charge is 0.330 e. The molecule has 1 aromatic carbocycles. The number of rotatable bonds is 5. The Hall–Kier alpha value is -0.940. The van der Waals surface area contributed by atoms with Crippen molar-refractivity contribution in [2.24, 2.45) is 11.7 Å². The Balaban J connectivity index is 0.00000264. The molecule has 0 radical (unpaired) electrons. The molecule has 1 unspecified atom stereocenters. The Morgan fingerprint density at radius 3 is 2.48 bits per heavy atom. The maximum absolute atomic E-state index is 13.9. The number of hydrogen-bond acceptors (Lipinski definition) is 5. The zero-order valence-corrected chi connectivity index (χ0v) is 14.8. The van der Waals surface area contributed by atoms with Crippen LogP contribution >= 0.6 is 12.4 Å². The van der Waals surface area contributed by atoms with Gasteiger partial charge in [0, 0.05) is 13.1 Å². The van der Waals surface area contributed by atoms with Gasteiger partial charge in [-0.05, 0) is 37.1 Å². The number of nitrogens with two attached hydrogens (primary N) is 1. The molecule has 3 N–H and O–H groups in total. The lowest BCUT2D eigenvalue weighted by molar-refractivity contribution is 0.458. The van der Waals surface area contributed by atoms with Crippen LogP contribution in [-0.4, -0.2) is 47.0 Å². The second-order valence-electron chi connectivity index (χ2n) is 5.27. The summed E-state index contributed by atoms with van der Waals surface area (Å²) in [5, 5.41) is 0. The number of hydrogen-bond donors (Lipinski definition) is 2. The summed E-state index contributed by atoms with van der Waals surface area (Å²) >= 11 is 0. The van der Waals surface area contributed by atoms with E-state index in [0.717, 1.165) is 18.4 Å². The first kappa shape index (κ1) is 20.1. The Morgan fingerprint density at radius 2 is 2.00 bits per heavy atom. The summed E-state index contributed by atoms with van der Waals surface area (Å²) in [4.78, 5) is -0.207. The first-order valence-electron chi connectivity index (χ1n) is 6.61. The molecule has 0 aromatic heterocycles. The minimum atomic E-state index is -3.80. The van der Waals surface area contributed by atoms with Crippen LogP contribution in [0, 0.1) is 11.7 Å². The summed E-state index contributed by atoms with van der Waals surface area (Å²) in [5.74, 6) is -0.841. The smallest absolute Gasteiger partial charge is 0.243 e. The average molecular weight is 388 g/mol. The molecule has 2 rings (SSSR count). The number of benzene rings is 1. The molecule has 0 saturated carbocycles. The molecule has 1 fully saturated rings. The van der Waals surface area contributed by atoms with Crippen molar-refractivity contribution in [3.8, 4) is 0 Å². The fourth-order valence-electron chi connectivity index (χ4n) is 2.30. The summed E-state index contributed by atoms with van der Waals surface area (Å²) < 4.78 is 64.2. The van der Waals surface area contributed by atoms with Crippen LogP contribution in [-0.2, 0) is 20.0 Å². The Labute approximate surface area is 141 Å². The van der Waals surface area contributed by atoms with Gasteiger partial charge in [0.2, 0.25) is 20.0 Å². The van der Waals surface area contributed by atoms with E-state index in [2.05, 4.69) is 0 Å². The third-order valence-corrected chi connectivity index (χ3v) is 5.91. The fraction of sp³-hybridized carbons (Fsp3) is 0.500. The van der Waals surface area contributed by atoms with Gasteiger partial charge in [-0.15, -0.1) is 12.4 Å². The SMILES string of the molecule is CS(=O)(=O)Nc1ccc(S(=O)(=O)N2CCC(CN)C2)cc1F.Cl. The summed E-state index contributed by atoms with van der Waals surface area (Å²) in [7, 11) is -7.44. The van der Waals surface area contributed by atoms with Crippen molar-refractivity contribution in [2.45, 2.75) is 11.3 Å². The number of nitrogens with one attached hydrogen (secondary N) is 1. The zero-order chi connectivity index (χ0) is 16.5. The van der Waals surface area contributed by atoms with E-state index in [-0.39, 0.29) is 28.9 Å². The number of nitrogens with zero attached hydrogens (tertiary/aromatic N) is 1. The van der Waals surface area contributed by atoms with Crippen molar-refractivity contribution in [2.75, 3.05) is 30.6 Å². The van der Waals surface area contributed by atoms with Crippen LogP contribution in [0.3, 0.4) is 0 Å². The molecule has 1 atom stereocenters. The highest BCUT2D eigenvalue weighted by Gasteiger charge is 2.32. The molecule has 1 saturated heterocycles. The maximum atomic E-state index is 13.9. The second kappa shape index (κ2) is 7.31. The molecule has 1 aliphatic rings. The standard InChI is InChI=1S/C12H18FN3O4S2.ClH/c1-21(17,18)15-12-3-2-10(6-11(12)13)22(19,20)16-5-4-9(7-14)8-16;/h2-3,6,9,15H,4-5,7-8,14H2,1H3;1H. The third-order valence-electron chi connectivity index (χ3n) is 3.46. The first-order valence-corrected chi connectivity index (χ1v) is 9.94. The Morgan fingerprint density at radius 1 is 1.35 bits per heavy atom. The minimum absolute atomic E-state index is 0. The van der Waals surface area contributed by atoms with E-state index in [9.17, 15) is 21.2 Å². The highest BCUT2D eigenvalue weighted by atomic mass is 35.5. The highest BCUT2D eigenvalue weighted by Crippen LogP contribution is 2.26. The summed E-state index contributed by atoms with van der Waals surface area (Å²) in [6.07, 6.45) is 1.56. The van der Waals surface area contributed by atoms with E-state index in [1.807, 2.05) is 4.72 Å². The van der Waals surface area contributed by atoms with Gasteiger partial charge in [0.1, 0.15) is 5.82 Å². The lowest BCUT2D eigenvalue weighted by Crippen LogP contribution is -2.30. The van der Waals surface area contributed by atoms with Gasteiger partial charge in [0.15, 0.2) is 0 Å². The van der Waals surface area contributed by atoms with Crippen LogP contribution < -0.4 is 10.5 Å². The predicted octanol–water partition coefficient (Wildman–Crippen LogP) is 0.588. The van der Waals surface area contributed by atoms with Crippen molar-refractivity contribution in [1.29, 1.82) is 0 Å². The van der Waals surface area contributed by atoms with Gasteiger partial charge in [-0.2, -0.15) is 4.31 Å². The molecule has 1 aliphatic heterocycles. The molecule has 1 heterocycles. The van der Waals surface area contributed by atoms with Gasteiger partial charge in [0.25, 0.3) is 0 Å². The molecule has 0 amide bonds. The van der Waals surface area contributed by atoms with E-state index < -0.39 is 25.9 Å². The molecule has 23 heavy (non-hydrogen) atoms. The van der Waals surface area contributed by atoms with Crippen LogP contribution in [0.5, 0.6) is 0 Å². The van der Waals surface area contributed by atoms with Crippen LogP contribution in [0.2, 0.25) is 0 Å². The van der Waals surface area contributed by atoms with Crippen molar-refractivity contribution in [3.63, 3.8) is 0 Å². The van der Waals surface area contributed by atoms with E-state index in [0.29, 0.717) is 26.1 Å². The van der Waals surface area contributed by atoms with E-state index in [1.54, 1.807) is 0 Å². The summed E-state index contributed by atoms with van der Waals surface area (Å²) in [6, 6.07) is 3.10. The van der Waals surface area contributed by atoms with Crippen LogP contribution in [0.4, 0.5) is 10.1 Å². The molecule has 0 bridgehead atoms. The summed E-state index contributed by atoms with van der Waals surface area (Å²) in [5.41, 5.74) is 5.24. The molecule has 11 heteroatoms. The van der Waals surface area contributed by atoms with Crippen LogP contribution in [0.25, 0.3) is 0 Å². The number of anilines is 1. The van der Waals surface area contributed by atoms with Crippen molar-refractivity contribution < 1.29 is 21.2 Å². The molecule has 132 valence electrons. The predicted molar refractivity (Wildman–Crippen MR) is 88.0 cm³/mol. The normalized spacial score (nSPS) is 19.3. The van der Waals surface area contributed by atoms with Gasteiger partial charge in [-0.25, -0.2) is 21.2 Å². The third kappa shape index (κ3) is 4.77. The lowest BCUT2D eigenvalue weighted by atomic mass is 10.1. The Kier molecular flexibility index (Phi) is 6.39. The van der Waals surface area contributed by atoms with E-state index in [4.69, 9.17) is 5.73 Å². The van der Waals surface area contributed by atoms with Crippen molar-refractivity contribution in [1.82, 2.24) is 4.31 Å². The van der Waals surface area contributed by atoms with E-state index >= 15 is 0 Å². The van der Waals surface area contributed by atoms with Crippen molar-refractivity contribution in [3.05, 3.63) is 24.0 Å². The molecule has 0 aliphatic carbocycles. The van der Waals surface area contributed by atoms with Crippen LogP contribution in [0.15, 0.2) is 23.1 Å². The monoisotopic (exact) mass is 387 g/mol. The van der Waals surface area contributed by atoms with Gasteiger partial charge in [-0.1, -0.05) is 0 Å². The average Bonchev–Trinajstić information content (AvgIpc) is 2.89. The number of halogens is 2. The number of sulfonamides is 2. The van der Waals surface area contributed by atoms with E-state index in [1.165, 1.54) is 10.4 Å². The zero-order valence-electron chi connectivity index (χ0n) is 12.4. The quantitative estimate of drug-likeness (QED) is 0.768. The molecule has 0 spiro atoms. The fourth-order valence-corrected chi connectivity index (χ4v) is 4.40. The van der Waals surface area contributed by atoms with Crippen LogP contribution in [0.1, 0.15) is 6.42 Å². The second-order valence-corrected chi connectivity index (χ2v) is 8.96. The molecule has 1 aromatic rings. The van der Waals surface area contributed by atoms with Crippen molar-refractivity contribution >= 4 is 38.1 Å². The molecular weight excluding hydrogens is 369 g/mol. The van der Waals surface area contributed by atoms with Gasteiger partial charge in [-0.3, -0.25) is 4.72 Å². The van der Waals surface area contributed by atoms with Gasteiger partial charge < -0.3 is 5.73 Å². The van der Waals surface area contributed by atoms with Gasteiger partial charge >= 0.3 is 0 Å². The molecular formula is C12H19ClFN3O4S2. The topological polar surface area (TPSA) is 110 Å². The molecule has 7 nitrogen and oxygen atoms in total. The maximum Gasteiger partial charge on any atom is 0.243 e. The lowest BCUT2D eigenvalue weighted by Gasteiger charge is -2.17. The highest BCUT2D eigenvalue weighted by molar-refractivity contribution is 7.92. The van der Waals surface area contributed by atoms with Gasteiger partial charge in [0.05, 0.1) is 16.8 Å². The minimum Gasteiger partial charge on any atom is -0.330 e.